The Balaban J connectivity index is 2.03. The topological polar surface area (TPSA) is 38.1 Å². The monoisotopic (exact) mass is 208 g/mol. The van der Waals surface area contributed by atoms with Crippen molar-refractivity contribution in [3.8, 4) is 0 Å². The first kappa shape index (κ1) is 10.7. The molecule has 0 aromatic carbocycles. The van der Waals surface area contributed by atoms with Crippen molar-refractivity contribution in [1.29, 1.82) is 0 Å². The first-order chi connectivity index (χ1) is 7.09. The summed E-state index contributed by atoms with van der Waals surface area (Å²) < 4.78 is 5.18. The molecule has 3 heteroatoms. The third-order valence-corrected chi connectivity index (χ3v) is 3.36. The summed E-state index contributed by atoms with van der Waals surface area (Å²) in [6, 6.07) is 0.945. The van der Waals surface area contributed by atoms with Crippen LogP contribution >= 0.6 is 0 Å². The lowest BCUT2D eigenvalue weighted by atomic mass is 10.1. The van der Waals surface area contributed by atoms with E-state index < -0.39 is 0 Å². The standard InChI is InChI=1S/C12H20N2O/c1-7(11-5-6-11)13-8(2)12-9(3)14-15-10(12)4/h7-8,11,13H,5-6H2,1-4H3. The molecule has 0 radical (unpaired) electrons. The highest BCUT2D eigenvalue weighted by Gasteiger charge is 2.29. The molecule has 84 valence electrons. The minimum atomic E-state index is 0.340. The van der Waals surface area contributed by atoms with E-state index in [1.807, 2.05) is 13.8 Å². The van der Waals surface area contributed by atoms with E-state index in [1.165, 1.54) is 18.4 Å². The molecule has 1 aromatic rings. The van der Waals surface area contributed by atoms with Gasteiger partial charge in [-0.2, -0.15) is 0 Å². The molecule has 0 bridgehead atoms. The molecule has 0 saturated heterocycles. The van der Waals surface area contributed by atoms with Gasteiger partial charge in [-0.25, -0.2) is 0 Å². The molecular formula is C12H20N2O. The molecule has 1 saturated carbocycles. The van der Waals surface area contributed by atoms with E-state index in [0.29, 0.717) is 12.1 Å². The Morgan fingerprint density at radius 1 is 1.33 bits per heavy atom. The molecule has 0 spiro atoms. The van der Waals surface area contributed by atoms with E-state index in [4.69, 9.17) is 4.52 Å². The van der Waals surface area contributed by atoms with E-state index >= 15 is 0 Å². The van der Waals surface area contributed by atoms with Crippen LogP contribution in [0.25, 0.3) is 0 Å². The average Bonchev–Trinajstić information content (AvgIpc) is 2.94. The van der Waals surface area contributed by atoms with Crippen LogP contribution in [0.2, 0.25) is 0 Å². The van der Waals surface area contributed by atoms with Crippen LogP contribution < -0.4 is 5.32 Å². The number of rotatable bonds is 4. The van der Waals surface area contributed by atoms with Crippen molar-refractivity contribution in [1.82, 2.24) is 10.5 Å². The summed E-state index contributed by atoms with van der Waals surface area (Å²) in [5.41, 5.74) is 2.23. The van der Waals surface area contributed by atoms with Crippen LogP contribution in [0.4, 0.5) is 0 Å². The summed E-state index contributed by atoms with van der Waals surface area (Å²) in [4.78, 5) is 0. The molecule has 3 nitrogen and oxygen atoms in total. The highest BCUT2D eigenvalue weighted by atomic mass is 16.5. The fourth-order valence-electron chi connectivity index (χ4n) is 2.32. The van der Waals surface area contributed by atoms with Crippen LogP contribution in [0.5, 0.6) is 0 Å². The van der Waals surface area contributed by atoms with Crippen molar-refractivity contribution in [2.24, 2.45) is 5.92 Å². The van der Waals surface area contributed by atoms with Gasteiger partial charge in [0.05, 0.1) is 5.69 Å². The maximum Gasteiger partial charge on any atom is 0.138 e. The molecule has 1 aliphatic carbocycles. The minimum absolute atomic E-state index is 0.340. The van der Waals surface area contributed by atoms with Crippen molar-refractivity contribution >= 4 is 0 Å². The number of hydrogen-bond donors (Lipinski definition) is 1. The Kier molecular flexibility index (Phi) is 2.83. The van der Waals surface area contributed by atoms with Gasteiger partial charge in [0.25, 0.3) is 0 Å². The number of hydrogen-bond acceptors (Lipinski definition) is 3. The Morgan fingerprint density at radius 2 is 2.00 bits per heavy atom. The second-order valence-electron chi connectivity index (χ2n) is 4.75. The smallest absolute Gasteiger partial charge is 0.138 e. The van der Waals surface area contributed by atoms with Crippen LogP contribution in [-0.4, -0.2) is 11.2 Å². The first-order valence-corrected chi connectivity index (χ1v) is 5.78. The third kappa shape index (κ3) is 2.23. The highest BCUT2D eigenvalue weighted by Crippen LogP contribution is 2.33. The maximum absolute atomic E-state index is 5.18. The highest BCUT2D eigenvalue weighted by molar-refractivity contribution is 5.24. The second kappa shape index (κ2) is 3.97. The summed E-state index contributed by atoms with van der Waals surface area (Å²) in [6.45, 7) is 8.44. The van der Waals surface area contributed by atoms with Gasteiger partial charge in [-0.05, 0) is 46.5 Å². The van der Waals surface area contributed by atoms with Crippen molar-refractivity contribution in [3.63, 3.8) is 0 Å². The van der Waals surface area contributed by atoms with Gasteiger partial charge >= 0.3 is 0 Å². The second-order valence-corrected chi connectivity index (χ2v) is 4.75. The number of aryl methyl sites for hydroxylation is 2. The van der Waals surface area contributed by atoms with Crippen LogP contribution in [0.3, 0.4) is 0 Å². The molecule has 15 heavy (non-hydrogen) atoms. The number of nitrogens with zero attached hydrogens (tertiary/aromatic N) is 1. The van der Waals surface area contributed by atoms with Gasteiger partial charge < -0.3 is 9.84 Å². The van der Waals surface area contributed by atoms with Gasteiger partial charge in [-0.15, -0.1) is 0 Å². The van der Waals surface area contributed by atoms with Crippen molar-refractivity contribution in [3.05, 3.63) is 17.0 Å². The Hall–Kier alpha value is -0.830. The van der Waals surface area contributed by atoms with E-state index in [9.17, 15) is 0 Å². The molecule has 0 amide bonds. The first-order valence-electron chi connectivity index (χ1n) is 5.78. The zero-order valence-electron chi connectivity index (χ0n) is 10.0. The fourth-order valence-corrected chi connectivity index (χ4v) is 2.32. The molecule has 2 atom stereocenters. The zero-order valence-corrected chi connectivity index (χ0v) is 10.0. The lowest BCUT2D eigenvalue weighted by Gasteiger charge is -2.19. The van der Waals surface area contributed by atoms with E-state index in [1.54, 1.807) is 0 Å². The molecule has 1 aromatic heterocycles. The maximum atomic E-state index is 5.18. The lowest BCUT2D eigenvalue weighted by molar-refractivity contribution is 0.387. The van der Waals surface area contributed by atoms with Crippen molar-refractivity contribution < 1.29 is 4.52 Å². The predicted octanol–water partition coefficient (Wildman–Crippen LogP) is 2.74. The molecule has 2 unspecified atom stereocenters. The van der Waals surface area contributed by atoms with Crippen molar-refractivity contribution in [2.45, 2.75) is 52.6 Å². The van der Waals surface area contributed by atoms with Crippen molar-refractivity contribution in [2.75, 3.05) is 0 Å². The summed E-state index contributed by atoms with van der Waals surface area (Å²) in [7, 11) is 0. The molecule has 1 fully saturated rings. The SMILES string of the molecule is Cc1noc(C)c1C(C)NC(C)C1CC1. The molecule has 2 rings (SSSR count). The molecule has 0 aliphatic heterocycles. The van der Waals surface area contributed by atoms with Crippen LogP contribution in [0.15, 0.2) is 4.52 Å². The molecule has 1 heterocycles. The Labute approximate surface area is 91.2 Å². The summed E-state index contributed by atoms with van der Waals surface area (Å²) in [5.74, 6) is 1.82. The largest absolute Gasteiger partial charge is 0.361 e. The fraction of sp³-hybridized carbons (Fsp3) is 0.750. The van der Waals surface area contributed by atoms with Gasteiger partial charge in [0, 0.05) is 17.6 Å². The van der Waals surface area contributed by atoms with Gasteiger partial charge in [0.2, 0.25) is 0 Å². The van der Waals surface area contributed by atoms with Crippen LogP contribution in [0.1, 0.15) is 49.7 Å². The lowest BCUT2D eigenvalue weighted by Crippen LogP contribution is -2.31. The van der Waals surface area contributed by atoms with Crippen LogP contribution in [0, 0.1) is 19.8 Å². The van der Waals surface area contributed by atoms with Gasteiger partial charge in [-0.3, -0.25) is 0 Å². The molecule has 1 N–H and O–H groups in total. The van der Waals surface area contributed by atoms with Crippen LogP contribution in [-0.2, 0) is 0 Å². The third-order valence-electron chi connectivity index (χ3n) is 3.36. The van der Waals surface area contributed by atoms with Gasteiger partial charge in [0.15, 0.2) is 0 Å². The summed E-state index contributed by atoms with van der Waals surface area (Å²) in [6.07, 6.45) is 2.75. The summed E-state index contributed by atoms with van der Waals surface area (Å²) in [5, 5.41) is 7.62. The van der Waals surface area contributed by atoms with Gasteiger partial charge in [0.1, 0.15) is 5.76 Å². The minimum Gasteiger partial charge on any atom is -0.361 e. The molecule has 1 aliphatic rings. The summed E-state index contributed by atoms with van der Waals surface area (Å²) >= 11 is 0. The normalized spacial score (nSPS) is 20.3. The number of aromatic nitrogens is 1. The average molecular weight is 208 g/mol. The van der Waals surface area contributed by atoms with E-state index in [2.05, 4.69) is 24.3 Å². The quantitative estimate of drug-likeness (QED) is 0.826. The molecular weight excluding hydrogens is 188 g/mol. The van der Waals surface area contributed by atoms with E-state index in [-0.39, 0.29) is 0 Å². The number of nitrogens with one attached hydrogen (secondary N) is 1. The zero-order chi connectivity index (χ0) is 11.0. The predicted molar refractivity (Wildman–Crippen MR) is 59.7 cm³/mol. The van der Waals surface area contributed by atoms with E-state index in [0.717, 1.165) is 17.4 Å². The Bertz CT molecular complexity index is 322. The Morgan fingerprint density at radius 3 is 2.47 bits per heavy atom. The van der Waals surface area contributed by atoms with Gasteiger partial charge in [-0.1, -0.05) is 5.16 Å².